The van der Waals surface area contributed by atoms with Crippen molar-refractivity contribution in [2.45, 2.75) is 64.1 Å². The van der Waals surface area contributed by atoms with Gasteiger partial charge in [-0.1, -0.05) is 31.5 Å². The van der Waals surface area contributed by atoms with Crippen molar-refractivity contribution in [3.63, 3.8) is 0 Å². The number of piperidine rings is 1. The smallest absolute Gasteiger partial charge is 0.226 e. The van der Waals surface area contributed by atoms with Crippen LogP contribution in [0.3, 0.4) is 0 Å². The lowest BCUT2D eigenvalue weighted by atomic mass is 9.93. The zero-order chi connectivity index (χ0) is 21.7. The molecule has 1 aromatic carbocycles. The Morgan fingerprint density at radius 3 is 2.53 bits per heavy atom. The summed E-state index contributed by atoms with van der Waals surface area (Å²) in [6.45, 7) is 4.73. The highest BCUT2D eigenvalue weighted by Gasteiger charge is 2.32. The van der Waals surface area contributed by atoms with Gasteiger partial charge >= 0.3 is 0 Å². The number of fused-ring (bicyclic) bond motifs is 3. The topological polar surface area (TPSA) is 47.1 Å². The minimum atomic E-state index is 0.155. The lowest BCUT2D eigenvalue weighted by molar-refractivity contribution is -0.133. The van der Waals surface area contributed by atoms with Crippen LogP contribution < -0.4 is 4.90 Å². The first-order valence-corrected chi connectivity index (χ1v) is 11.4. The fourth-order valence-corrected chi connectivity index (χ4v) is 4.81. The van der Waals surface area contributed by atoms with E-state index >= 15 is 0 Å². The predicted molar refractivity (Wildman–Crippen MR) is 121 cm³/mol. The number of nitrogens with zero attached hydrogens (tertiary/aromatic N) is 4. The minimum absolute atomic E-state index is 0.155. The van der Waals surface area contributed by atoms with E-state index in [1.807, 2.05) is 49.0 Å². The van der Waals surface area contributed by atoms with Gasteiger partial charge in [0.25, 0.3) is 0 Å². The number of likely N-dealkylation sites (N-methyl/N-ethyl adjacent to an activating group) is 1. The van der Waals surface area contributed by atoms with Crippen molar-refractivity contribution in [2.24, 2.45) is 0 Å². The van der Waals surface area contributed by atoms with Gasteiger partial charge in [-0.25, -0.2) is 0 Å². The van der Waals surface area contributed by atoms with Gasteiger partial charge in [-0.05, 0) is 52.0 Å². The molecule has 1 saturated heterocycles. The Morgan fingerprint density at radius 1 is 1.07 bits per heavy atom. The Bertz CT molecular complexity index is 736. The van der Waals surface area contributed by atoms with Crippen molar-refractivity contribution in [2.75, 3.05) is 45.7 Å². The van der Waals surface area contributed by atoms with Gasteiger partial charge in [0, 0.05) is 56.8 Å². The van der Waals surface area contributed by atoms with Gasteiger partial charge in [-0.2, -0.15) is 0 Å². The summed E-state index contributed by atoms with van der Waals surface area (Å²) in [7, 11) is 6.21. The average molecular weight is 415 g/mol. The molecule has 2 aliphatic heterocycles. The maximum Gasteiger partial charge on any atom is 0.226 e. The fraction of sp³-hybridized carbons (Fsp3) is 0.667. The van der Waals surface area contributed by atoms with Gasteiger partial charge in [0.15, 0.2) is 0 Å². The molecule has 6 nitrogen and oxygen atoms in total. The van der Waals surface area contributed by atoms with E-state index in [1.54, 1.807) is 0 Å². The van der Waals surface area contributed by atoms with Crippen LogP contribution in [0.1, 0.15) is 51.0 Å². The molecule has 6 heteroatoms. The molecule has 2 aliphatic rings. The normalized spacial score (nSPS) is 23.1. The first-order valence-electron chi connectivity index (χ1n) is 11.4. The molecular weight excluding hydrogens is 376 g/mol. The van der Waals surface area contributed by atoms with E-state index < -0.39 is 0 Å². The number of anilines is 1. The molecule has 1 fully saturated rings. The van der Waals surface area contributed by atoms with Crippen molar-refractivity contribution in [1.82, 2.24) is 14.7 Å². The molecule has 30 heavy (non-hydrogen) atoms. The summed E-state index contributed by atoms with van der Waals surface area (Å²) in [5, 5.41) is 0. The number of hydrogen-bond acceptors (Lipinski definition) is 4. The second-order valence-corrected chi connectivity index (χ2v) is 9.05. The maximum atomic E-state index is 13.2. The van der Waals surface area contributed by atoms with Gasteiger partial charge in [0.05, 0.1) is 0 Å². The third-order valence-electron chi connectivity index (χ3n) is 6.72. The van der Waals surface area contributed by atoms with E-state index in [-0.39, 0.29) is 11.8 Å². The van der Waals surface area contributed by atoms with Crippen molar-refractivity contribution >= 4 is 17.5 Å². The van der Waals surface area contributed by atoms with Crippen LogP contribution >= 0.6 is 0 Å². The van der Waals surface area contributed by atoms with Crippen LogP contribution in [0.2, 0.25) is 0 Å². The molecule has 166 valence electrons. The summed E-state index contributed by atoms with van der Waals surface area (Å²) >= 11 is 0. The van der Waals surface area contributed by atoms with E-state index in [1.165, 1.54) is 6.42 Å². The van der Waals surface area contributed by atoms with E-state index in [4.69, 9.17) is 0 Å². The monoisotopic (exact) mass is 414 g/mol. The Morgan fingerprint density at radius 2 is 1.80 bits per heavy atom. The summed E-state index contributed by atoms with van der Waals surface area (Å²) in [6.07, 6.45) is 5.46. The molecule has 0 saturated carbocycles. The van der Waals surface area contributed by atoms with Gasteiger partial charge in [-0.3, -0.25) is 14.5 Å². The number of hydrogen-bond donors (Lipinski definition) is 0. The standard InChI is InChI=1S/C24H38N4O2/c1-5-23(29)28-16-13-20-10-8-11-21(26(20)4)18-27(24(30)14-15-25(2)3)17-19-9-6-7-12-22(19)28/h6-7,9,12,20-21H,5,8,10-11,13-18H2,1-4H3. The molecule has 2 unspecified atom stereocenters. The molecule has 0 aromatic heterocycles. The van der Waals surface area contributed by atoms with Crippen LogP contribution in [0.25, 0.3) is 0 Å². The number of rotatable bonds is 4. The maximum absolute atomic E-state index is 13.2. The van der Waals surface area contributed by atoms with Crippen molar-refractivity contribution in [3.05, 3.63) is 29.8 Å². The Balaban J connectivity index is 1.96. The van der Waals surface area contributed by atoms with Gasteiger partial charge in [0.2, 0.25) is 11.8 Å². The molecule has 0 spiro atoms. The summed E-state index contributed by atoms with van der Waals surface area (Å²) in [6, 6.07) is 8.97. The number of carbonyl (C=O) groups is 2. The minimum Gasteiger partial charge on any atom is -0.337 e. The first-order chi connectivity index (χ1) is 14.4. The molecule has 3 rings (SSSR count). The predicted octanol–water partition coefficient (Wildman–Crippen LogP) is 2.97. The lowest BCUT2D eigenvalue weighted by Gasteiger charge is -2.42. The molecule has 0 radical (unpaired) electrons. The summed E-state index contributed by atoms with van der Waals surface area (Å²) in [4.78, 5) is 34.6. The quantitative estimate of drug-likeness (QED) is 0.760. The zero-order valence-corrected chi connectivity index (χ0v) is 19.1. The molecule has 0 aliphatic carbocycles. The Kier molecular flexibility index (Phi) is 7.89. The summed E-state index contributed by atoms with van der Waals surface area (Å²) in [5.74, 6) is 0.351. The second kappa shape index (κ2) is 10.4. The van der Waals surface area contributed by atoms with Gasteiger partial charge in [0.1, 0.15) is 0 Å². The van der Waals surface area contributed by atoms with Gasteiger partial charge in [-0.15, -0.1) is 0 Å². The van der Waals surface area contributed by atoms with Crippen LogP contribution in [0.4, 0.5) is 5.69 Å². The largest absolute Gasteiger partial charge is 0.337 e. The number of benzene rings is 1. The Hall–Kier alpha value is -1.92. The third kappa shape index (κ3) is 5.41. The number of carbonyl (C=O) groups excluding carboxylic acids is 2. The third-order valence-corrected chi connectivity index (χ3v) is 6.72. The molecule has 2 atom stereocenters. The van der Waals surface area contributed by atoms with Crippen molar-refractivity contribution in [1.29, 1.82) is 0 Å². The fourth-order valence-electron chi connectivity index (χ4n) is 4.81. The summed E-state index contributed by atoms with van der Waals surface area (Å²) < 4.78 is 0. The van der Waals surface area contributed by atoms with E-state index in [2.05, 4.69) is 22.9 Å². The molecule has 1 aromatic rings. The number of amides is 2. The van der Waals surface area contributed by atoms with Crippen molar-refractivity contribution < 1.29 is 9.59 Å². The van der Waals surface area contributed by atoms with Crippen LogP contribution in [0, 0.1) is 0 Å². The Labute approximate surface area is 181 Å². The second-order valence-electron chi connectivity index (χ2n) is 9.05. The highest BCUT2D eigenvalue weighted by molar-refractivity contribution is 5.94. The van der Waals surface area contributed by atoms with E-state index in [9.17, 15) is 9.59 Å². The highest BCUT2D eigenvalue weighted by Crippen LogP contribution is 2.29. The molecule has 2 bridgehead atoms. The molecule has 2 amide bonds. The van der Waals surface area contributed by atoms with E-state index in [0.29, 0.717) is 31.5 Å². The first kappa shape index (κ1) is 22.8. The van der Waals surface area contributed by atoms with Crippen LogP contribution in [0.5, 0.6) is 0 Å². The summed E-state index contributed by atoms with van der Waals surface area (Å²) in [5.41, 5.74) is 2.03. The van der Waals surface area contributed by atoms with Crippen molar-refractivity contribution in [3.8, 4) is 0 Å². The van der Waals surface area contributed by atoms with Crippen LogP contribution in [0.15, 0.2) is 24.3 Å². The highest BCUT2D eigenvalue weighted by atomic mass is 16.2. The molecule has 0 N–H and O–H groups in total. The van der Waals surface area contributed by atoms with Crippen LogP contribution in [-0.4, -0.2) is 79.4 Å². The molecule has 2 heterocycles. The zero-order valence-electron chi connectivity index (χ0n) is 19.1. The average Bonchev–Trinajstić information content (AvgIpc) is 2.75. The van der Waals surface area contributed by atoms with Gasteiger partial charge < -0.3 is 14.7 Å². The lowest BCUT2D eigenvalue weighted by Crippen LogP contribution is -2.51. The molecular formula is C24H38N4O2. The SMILES string of the molecule is CCC(=O)N1CCC2CCCC(CN(C(=O)CCN(C)C)Cc3ccccc31)N2C. The van der Waals surface area contributed by atoms with Crippen LogP contribution in [-0.2, 0) is 16.1 Å². The van der Waals surface area contributed by atoms with E-state index in [0.717, 1.165) is 50.1 Å². The number of para-hydroxylation sites is 1.